The van der Waals surface area contributed by atoms with Gasteiger partial charge in [-0.1, -0.05) is 50.7 Å². The second-order valence-corrected chi connectivity index (χ2v) is 5.15. The highest BCUT2D eigenvalue weighted by molar-refractivity contribution is 5.85. The smallest absolute Gasteiger partial charge is 0.317 e. The lowest BCUT2D eigenvalue weighted by Gasteiger charge is -2.02. The lowest BCUT2D eigenvalue weighted by Crippen LogP contribution is -2.09. The molecule has 1 aliphatic rings. The van der Waals surface area contributed by atoms with Gasteiger partial charge in [-0.3, -0.25) is 4.79 Å². The molecule has 1 aliphatic carbocycles. The van der Waals surface area contributed by atoms with Crippen LogP contribution in [0.3, 0.4) is 0 Å². The topological polar surface area (TPSA) is 26.3 Å². The molecule has 0 saturated heterocycles. The Morgan fingerprint density at radius 3 is 2.11 bits per heavy atom. The molecule has 0 radical (unpaired) electrons. The number of carbonyl (C=O) groups excluding carboxylic acids is 1. The van der Waals surface area contributed by atoms with Crippen LogP contribution in [0.2, 0.25) is 0 Å². The zero-order valence-electron chi connectivity index (χ0n) is 12.3. The second-order valence-electron chi connectivity index (χ2n) is 5.15. The third-order valence-corrected chi connectivity index (χ3v) is 3.65. The van der Waals surface area contributed by atoms with E-state index < -0.39 is 0 Å². The van der Waals surface area contributed by atoms with E-state index in [1.807, 2.05) is 6.92 Å². The van der Waals surface area contributed by atoms with E-state index in [0.29, 0.717) is 6.61 Å². The number of rotatable bonds is 10. The van der Waals surface area contributed by atoms with Crippen molar-refractivity contribution < 1.29 is 9.53 Å². The Labute approximate surface area is 112 Å². The molecule has 0 spiro atoms. The summed E-state index contributed by atoms with van der Waals surface area (Å²) in [6.45, 7) is 6.81. The molecule has 1 rings (SSSR count). The molecule has 0 aromatic carbocycles. The maximum atomic E-state index is 11.8. The van der Waals surface area contributed by atoms with Gasteiger partial charge in [-0.25, -0.2) is 0 Å². The molecule has 2 nitrogen and oxygen atoms in total. The standard InChI is InChI=1S/C16H28O2/c1-4-7-9-10-12-14-13(11-8-5-2)15(14)16(17)18-6-3/h15H,4-12H2,1-3H3. The highest BCUT2D eigenvalue weighted by Crippen LogP contribution is 2.46. The first-order valence-electron chi connectivity index (χ1n) is 7.64. The average molecular weight is 252 g/mol. The second kappa shape index (κ2) is 8.34. The number of hydrogen-bond donors (Lipinski definition) is 0. The molecule has 0 aliphatic heterocycles. The van der Waals surface area contributed by atoms with E-state index in [9.17, 15) is 4.79 Å². The number of esters is 1. The minimum absolute atomic E-state index is 0.00547. The molecule has 1 unspecified atom stereocenters. The quantitative estimate of drug-likeness (QED) is 0.322. The zero-order valence-corrected chi connectivity index (χ0v) is 12.3. The lowest BCUT2D eigenvalue weighted by atomic mass is 10.1. The van der Waals surface area contributed by atoms with Gasteiger partial charge in [0.25, 0.3) is 0 Å². The highest BCUT2D eigenvalue weighted by Gasteiger charge is 2.41. The van der Waals surface area contributed by atoms with Gasteiger partial charge in [-0.05, 0) is 32.6 Å². The van der Waals surface area contributed by atoms with Crippen LogP contribution in [0.5, 0.6) is 0 Å². The summed E-state index contributed by atoms with van der Waals surface area (Å²) in [5.41, 5.74) is 2.80. The summed E-state index contributed by atoms with van der Waals surface area (Å²) < 4.78 is 5.15. The fourth-order valence-corrected chi connectivity index (χ4v) is 2.55. The molecular weight excluding hydrogens is 224 g/mol. The fraction of sp³-hybridized carbons (Fsp3) is 0.812. The first-order chi connectivity index (χ1) is 8.76. The molecule has 0 heterocycles. The van der Waals surface area contributed by atoms with E-state index in [1.165, 1.54) is 49.7 Å². The number of ether oxygens (including phenoxy) is 1. The summed E-state index contributed by atoms with van der Waals surface area (Å²) in [6.07, 6.45) is 9.70. The number of hydrogen-bond acceptors (Lipinski definition) is 2. The van der Waals surface area contributed by atoms with Crippen LogP contribution in [-0.2, 0) is 9.53 Å². The van der Waals surface area contributed by atoms with Gasteiger partial charge >= 0.3 is 5.97 Å². The molecule has 0 N–H and O–H groups in total. The Morgan fingerprint density at radius 1 is 0.944 bits per heavy atom. The summed E-state index contributed by atoms with van der Waals surface area (Å²) in [4.78, 5) is 11.8. The SMILES string of the molecule is CCCCCCC1=C(CCCC)C1C(=O)OCC. The van der Waals surface area contributed by atoms with Crippen LogP contribution in [0.15, 0.2) is 11.1 Å². The molecule has 0 aromatic rings. The van der Waals surface area contributed by atoms with Crippen molar-refractivity contribution in [3.8, 4) is 0 Å². The van der Waals surface area contributed by atoms with Crippen molar-refractivity contribution in [3.63, 3.8) is 0 Å². The Bertz CT molecular complexity index is 291. The Morgan fingerprint density at radius 2 is 1.56 bits per heavy atom. The normalized spacial score (nSPS) is 18.1. The maximum absolute atomic E-state index is 11.8. The van der Waals surface area contributed by atoms with Crippen LogP contribution in [0.1, 0.15) is 72.1 Å². The van der Waals surface area contributed by atoms with Gasteiger partial charge in [0.2, 0.25) is 0 Å². The molecule has 0 aromatic heterocycles. The number of carbonyl (C=O) groups is 1. The zero-order chi connectivity index (χ0) is 13.4. The van der Waals surface area contributed by atoms with Crippen molar-refractivity contribution in [1.29, 1.82) is 0 Å². The van der Waals surface area contributed by atoms with Crippen molar-refractivity contribution in [2.45, 2.75) is 72.1 Å². The maximum Gasteiger partial charge on any atom is 0.317 e. The van der Waals surface area contributed by atoms with Gasteiger partial charge in [0.05, 0.1) is 12.5 Å². The van der Waals surface area contributed by atoms with Crippen molar-refractivity contribution >= 4 is 5.97 Å². The van der Waals surface area contributed by atoms with Gasteiger partial charge in [-0.15, -0.1) is 0 Å². The van der Waals surface area contributed by atoms with Crippen molar-refractivity contribution in [1.82, 2.24) is 0 Å². The third-order valence-electron chi connectivity index (χ3n) is 3.65. The van der Waals surface area contributed by atoms with E-state index in [1.54, 1.807) is 0 Å². The van der Waals surface area contributed by atoms with Gasteiger partial charge in [0, 0.05) is 0 Å². The van der Waals surface area contributed by atoms with Crippen LogP contribution >= 0.6 is 0 Å². The molecule has 2 heteroatoms. The van der Waals surface area contributed by atoms with Gasteiger partial charge in [0.15, 0.2) is 0 Å². The molecule has 0 amide bonds. The number of unbranched alkanes of at least 4 members (excludes halogenated alkanes) is 4. The molecule has 104 valence electrons. The molecule has 1 atom stereocenters. The highest BCUT2D eigenvalue weighted by atomic mass is 16.5. The Hall–Kier alpha value is -0.790. The van der Waals surface area contributed by atoms with E-state index >= 15 is 0 Å². The monoisotopic (exact) mass is 252 g/mol. The fourth-order valence-electron chi connectivity index (χ4n) is 2.55. The summed E-state index contributed by atoms with van der Waals surface area (Å²) in [5.74, 6) is 0.0622. The Balaban J connectivity index is 2.37. The van der Waals surface area contributed by atoms with Crippen LogP contribution < -0.4 is 0 Å². The predicted octanol–water partition coefficient (Wildman–Crippen LogP) is 4.64. The van der Waals surface area contributed by atoms with E-state index in [4.69, 9.17) is 4.74 Å². The summed E-state index contributed by atoms with van der Waals surface area (Å²) in [5, 5.41) is 0. The van der Waals surface area contributed by atoms with Gasteiger partial charge in [0.1, 0.15) is 0 Å². The molecule has 0 bridgehead atoms. The van der Waals surface area contributed by atoms with Crippen LogP contribution in [0.25, 0.3) is 0 Å². The van der Waals surface area contributed by atoms with Gasteiger partial charge in [-0.2, -0.15) is 0 Å². The minimum atomic E-state index is -0.00547. The average Bonchev–Trinajstić information content (AvgIpc) is 3.05. The molecule has 0 saturated carbocycles. The van der Waals surface area contributed by atoms with Crippen LogP contribution in [0.4, 0.5) is 0 Å². The van der Waals surface area contributed by atoms with Crippen molar-refractivity contribution in [2.24, 2.45) is 5.92 Å². The molecule has 18 heavy (non-hydrogen) atoms. The summed E-state index contributed by atoms with van der Waals surface area (Å²) >= 11 is 0. The summed E-state index contributed by atoms with van der Waals surface area (Å²) in [6, 6.07) is 0. The van der Waals surface area contributed by atoms with E-state index in [-0.39, 0.29) is 11.9 Å². The van der Waals surface area contributed by atoms with Crippen LogP contribution in [0, 0.1) is 5.92 Å². The van der Waals surface area contributed by atoms with Crippen molar-refractivity contribution in [3.05, 3.63) is 11.1 Å². The van der Waals surface area contributed by atoms with E-state index in [2.05, 4.69) is 13.8 Å². The minimum Gasteiger partial charge on any atom is -0.465 e. The van der Waals surface area contributed by atoms with Crippen molar-refractivity contribution in [2.75, 3.05) is 6.61 Å². The Kier molecular flexibility index (Phi) is 7.07. The first-order valence-corrected chi connectivity index (χ1v) is 7.64. The van der Waals surface area contributed by atoms with E-state index in [0.717, 1.165) is 12.8 Å². The largest absolute Gasteiger partial charge is 0.465 e. The predicted molar refractivity (Wildman–Crippen MR) is 75.4 cm³/mol. The summed E-state index contributed by atoms with van der Waals surface area (Å²) in [7, 11) is 0. The lowest BCUT2D eigenvalue weighted by molar-refractivity contribution is -0.144. The van der Waals surface area contributed by atoms with Gasteiger partial charge < -0.3 is 4.74 Å². The first kappa shape index (κ1) is 15.3. The molecule has 0 fully saturated rings. The molecular formula is C16H28O2. The van der Waals surface area contributed by atoms with Crippen LogP contribution in [-0.4, -0.2) is 12.6 Å². The third kappa shape index (κ3) is 4.47.